The first kappa shape index (κ1) is 13.8. The maximum Gasteiger partial charge on any atom is 0.331 e. The van der Waals surface area contributed by atoms with Crippen LogP contribution in [0.3, 0.4) is 0 Å². The maximum absolute atomic E-state index is 11.4. The van der Waals surface area contributed by atoms with Gasteiger partial charge in [0, 0.05) is 0 Å². The minimum Gasteiger partial charge on any atom is -0.497 e. The van der Waals surface area contributed by atoms with Crippen LogP contribution in [-0.4, -0.2) is 18.2 Å². The molecule has 1 rings (SSSR count). The minimum absolute atomic E-state index is 0.580. The molecule has 6 heteroatoms. The highest BCUT2D eigenvalue weighted by molar-refractivity contribution is 7.77. The Morgan fingerprint density at radius 3 is 2.47 bits per heavy atom. The number of nitrogens with one attached hydrogen (secondary N) is 1. The fourth-order valence-electron chi connectivity index (χ4n) is 1.36. The summed E-state index contributed by atoms with van der Waals surface area (Å²) in [6, 6.07) is 6.82. The smallest absolute Gasteiger partial charge is 0.331 e. The second-order valence-corrected chi connectivity index (χ2v) is 3.70. The first-order valence-corrected chi connectivity index (χ1v) is 5.46. The Morgan fingerprint density at radius 2 is 2.00 bits per heavy atom. The molecule has 0 spiro atoms. The molecule has 94 valence electrons. The lowest BCUT2D eigenvalue weighted by molar-refractivity contribution is -0.155. The monoisotopic (exact) mass is 257 g/mol. The van der Waals surface area contributed by atoms with Crippen LogP contribution in [0, 0.1) is 5.92 Å². The predicted octanol–water partition coefficient (Wildman–Crippen LogP) is 1.26. The predicted molar refractivity (Wildman–Crippen MR) is 65.3 cm³/mol. The van der Waals surface area contributed by atoms with Crippen molar-refractivity contribution < 1.29 is 19.5 Å². The van der Waals surface area contributed by atoms with Gasteiger partial charge in [0.1, 0.15) is 5.75 Å². The van der Waals surface area contributed by atoms with E-state index in [4.69, 9.17) is 4.74 Å². The molecule has 0 heterocycles. The number of hydrogen-bond donors (Lipinski definition) is 3. The summed E-state index contributed by atoms with van der Waals surface area (Å²) in [6.07, 6.45) is -0.935. The molecule has 0 saturated heterocycles. The molecule has 0 radical (unpaired) electrons. The van der Waals surface area contributed by atoms with Gasteiger partial charge in [-0.2, -0.15) is 0 Å². The van der Waals surface area contributed by atoms with Gasteiger partial charge in [0.25, 0.3) is 0 Å². The van der Waals surface area contributed by atoms with Crippen LogP contribution in [0.25, 0.3) is 0 Å². The summed E-state index contributed by atoms with van der Waals surface area (Å²) < 4.78 is 5.00. The summed E-state index contributed by atoms with van der Waals surface area (Å²) in [7, 11) is 1.56. The molecule has 0 amide bonds. The van der Waals surface area contributed by atoms with Gasteiger partial charge < -0.3 is 14.7 Å². The van der Waals surface area contributed by atoms with E-state index in [-0.39, 0.29) is 0 Å². The van der Waals surface area contributed by atoms with Gasteiger partial charge in [-0.1, -0.05) is 29.8 Å². The number of carbonyl (C=O) groups is 1. The van der Waals surface area contributed by atoms with Crippen molar-refractivity contribution in [1.82, 2.24) is 4.89 Å². The third-order valence-electron chi connectivity index (χ3n) is 2.45. The van der Waals surface area contributed by atoms with Crippen LogP contribution in [-0.2, 0) is 9.63 Å². The van der Waals surface area contributed by atoms with Crippen molar-refractivity contribution in [3.05, 3.63) is 29.8 Å². The molecule has 0 unspecified atom stereocenters. The zero-order chi connectivity index (χ0) is 12.8. The van der Waals surface area contributed by atoms with Crippen LogP contribution in [0.1, 0.15) is 18.6 Å². The van der Waals surface area contributed by atoms with Crippen LogP contribution in [0.15, 0.2) is 24.3 Å². The van der Waals surface area contributed by atoms with Gasteiger partial charge in [0.05, 0.1) is 19.1 Å². The largest absolute Gasteiger partial charge is 0.497 e. The van der Waals surface area contributed by atoms with Gasteiger partial charge in [0.15, 0.2) is 0 Å². The van der Waals surface area contributed by atoms with E-state index in [0.717, 1.165) is 0 Å². The van der Waals surface area contributed by atoms with Crippen molar-refractivity contribution in [2.24, 2.45) is 5.92 Å². The number of aliphatic hydroxyl groups excluding tert-OH is 1. The van der Waals surface area contributed by atoms with Crippen molar-refractivity contribution in [1.29, 1.82) is 0 Å². The Kier molecular flexibility index (Phi) is 5.27. The summed E-state index contributed by atoms with van der Waals surface area (Å²) in [5.74, 6) is -0.584. The first-order valence-electron chi connectivity index (χ1n) is 5.02. The quantitative estimate of drug-likeness (QED) is 0.547. The van der Waals surface area contributed by atoms with Gasteiger partial charge in [-0.15, -0.1) is 0 Å². The number of rotatable bonds is 5. The molecule has 0 bridgehead atoms. The van der Waals surface area contributed by atoms with Gasteiger partial charge in [-0.3, -0.25) is 0 Å². The van der Waals surface area contributed by atoms with Crippen LogP contribution in [0.2, 0.25) is 0 Å². The van der Waals surface area contributed by atoms with Gasteiger partial charge in [-0.05, 0) is 24.6 Å². The SMILES string of the molecule is COc1ccc([C@@H](O)[C@H](C)C(=O)ONS)cc1. The number of carbonyl (C=O) groups excluding carboxylic acids is 1. The van der Waals surface area contributed by atoms with Gasteiger partial charge in [0.2, 0.25) is 0 Å². The summed E-state index contributed by atoms with van der Waals surface area (Å²) in [5, 5.41) is 9.96. The normalized spacial score (nSPS) is 13.9. The number of hydrogen-bond acceptors (Lipinski definition) is 6. The molecule has 0 fully saturated rings. The third kappa shape index (κ3) is 3.62. The number of methoxy groups -OCH3 is 1. The van der Waals surface area contributed by atoms with Crippen molar-refractivity contribution in [3.8, 4) is 5.75 Å². The lowest BCUT2D eigenvalue weighted by Crippen LogP contribution is -2.24. The van der Waals surface area contributed by atoms with E-state index in [2.05, 4.69) is 17.7 Å². The number of benzene rings is 1. The summed E-state index contributed by atoms with van der Waals surface area (Å²) >= 11 is 3.55. The topological polar surface area (TPSA) is 67.8 Å². The third-order valence-corrected chi connectivity index (χ3v) is 2.54. The van der Waals surface area contributed by atoms with E-state index in [1.165, 1.54) is 0 Å². The molecule has 1 aromatic rings. The van der Waals surface area contributed by atoms with Crippen LogP contribution in [0.4, 0.5) is 0 Å². The van der Waals surface area contributed by atoms with Crippen molar-refractivity contribution in [3.63, 3.8) is 0 Å². The summed E-state index contributed by atoms with van der Waals surface area (Å²) in [4.78, 5) is 17.8. The standard InChI is InChI=1S/C11H15NO4S/c1-7(11(14)16-12-17)10(13)8-3-5-9(15-2)6-4-8/h3-7,10,12-13,17H,1-2H3/t7-,10-/m0/s1. The van der Waals surface area contributed by atoms with E-state index in [1.807, 2.05) is 4.89 Å². The molecule has 5 nitrogen and oxygen atoms in total. The minimum atomic E-state index is -0.935. The zero-order valence-electron chi connectivity index (χ0n) is 9.58. The van der Waals surface area contributed by atoms with Gasteiger partial charge >= 0.3 is 5.97 Å². The zero-order valence-corrected chi connectivity index (χ0v) is 10.5. The second-order valence-electron chi connectivity index (χ2n) is 3.52. The molecular weight excluding hydrogens is 242 g/mol. The molecule has 1 aromatic carbocycles. The Labute approximate surface area is 105 Å². The summed E-state index contributed by atoms with van der Waals surface area (Å²) in [5.41, 5.74) is 0.620. The Hall–Kier alpha value is -1.24. The number of aliphatic hydroxyl groups is 1. The van der Waals surface area contributed by atoms with E-state index in [0.29, 0.717) is 11.3 Å². The lowest BCUT2D eigenvalue weighted by atomic mass is 9.97. The molecule has 0 aromatic heterocycles. The van der Waals surface area contributed by atoms with Crippen LogP contribution >= 0.6 is 12.8 Å². The highest BCUT2D eigenvalue weighted by Gasteiger charge is 2.25. The fraction of sp³-hybridized carbons (Fsp3) is 0.364. The van der Waals surface area contributed by atoms with Crippen LogP contribution in [0.5, 0.6) is 5.75 Å². The van der Waals surface area contributed by atoms with E-state index >= 15 is 0 Å². The maximum atomic E-state index is 11.4. The van der Waals surface area contributed by atoms with E-state index < -0.39 is 18.0 Å². The Morgan fingerprint density at radius 1 is 1.41 bits per heavy atom. The molecule has 17 heavy (non-hydrogen) atoms. The van der Waals surface area contributed by atoms with Crippen molar-refractivity contribution in [2.75, 3.05) is 7.11 Å². The number of thiol groups is 1. The Bertz CT molecular complexity index is 368. The molecular formula is C11H15NO4S. The molecule has 2 atom stereocenters. The average molecular weight is 257 g/mol. The van der Waals surface area contributed by atoms with Crippen molar-refractivity contribution >= 4 is 18.8 Å². The van der Waals surface area contributed by atoms with Crippen LogP contribution < -0.4 is 9.62 Å². The summed E-state index contributed by atoms with van der Waals surface area (Å²) in [6.45, 7) is 1.57. The Balaban J connectivity index is 2.73. The number of ether oxygens (including phenoxy) is 1. The molecule has 0 aliphatic heterocycles. The first-order chi connectivity index (χ1) is 8.10. The average Bonchev–Trinajstić information content (AvgIpc) is 2.37. The van der Waals surface area contributed by atoms with Crippen molar-refractivity contribution in [2.45, 2.75) is 13.0 Å². The molecule has 0 aliphatic carbocycles. The second kappa shape index (κ2) is 6.48. The molecule has 0 aliphatic rings. The highest BCUT2D eigenvalue weighted by atomic mass is 32.1. The fourth-order valence-corrected chi connectivity index (χ4v) is 1.45. The van der Waals surface area contributed by atoms with E-state index in [9.17, 15) is 9.90 Å². The highest BCUT2D eigenvalue weighted by Crippen LogP contribution is 2.24. The molecule has 0 saturated carbocycles. The van der Waals surface area contributed by atoms with Gasteiger partial charge in [-0.25, -0.2) is 4.79 Å². The van der Waals surface area contributed by atoms with E-state index in [1.54, 1.807) is 38.3 Å². The molecule has 2 N–H and O–H groups in total. The lowest BCUT2D eigenvalue weighted by Gasteiger charge is -2.17.